The molecule has 0 bridgehead atoms. The third kappa shape index (κ3) is 2.17. The smallest absolute Gasteiger partial charge is 0.0994 e. The summed E-state index contributed by atoms with van der Waals surface area (Å²) in [6.45, 7) is 1.94. The number of rotatable bonds is 2. The van der Waals surface area contributed by atoms with Crippen LogP contribution < -0.4 is 5.32 Å². The van der Waals surface area contributed by atoms with Gasteiger partial charge in [0.15, 0.2) is 0 Å². The second kappa shape index (κ2) is 4.16. The number of nitriles is 1. The zero-order valence-electron chi connectivity index (χ0n) is 8.32. The van der Waals surface area contributed by atoms with E-state index in [1.807, 2.05) is 41.9 Å². The monoisotopic (exact) mass is 214 g/mol. The average molecular weight is 214 g/mol. The van der Waals surface area contributed by atoms with Crippen molar-refractivity contribution in [1.29, 1.82) is 5.26 Å². The van der Waals surface area contributed by atoms with Gasteiger partial charge in [0.1, 0.15) is 0 Å². The highest BCUT2D eigenvalue weighted by atomic mass is 32.1. The first-order chi connectivity index (χ1) is 7.29. The van der Waals surface area contributed by atoms with Crippen LogP contribution in [0.4, 0.5) is 11.4 Å². The number of anilines is 2. The van der Waals surface area contributed by atoms with Gasteiger partial charge in [-0.1, -0.05) is 0 Å². The summed E-state index contributed by atoms with van der Waals surface area (Å²) < 4.78 is 0. The van der Waals surface area contributed by atoms with Crippen molar-refractivity contribution in [3.05, 3.63) is 46.2 Å². The maximum atomic E-state index is 8.80. The van der Waals surface area contributed by atoms with Gasteiger partial charge in [0, 0.05) is 16.8 Å². The van der Waals surface area contributed by atoms with Crippen molar-refractivity contribution in [2.75, 3.05) is 5.32 Å². The van der Waals surface area contributed by atoms with Crippen molar-refractivity contribution in [3.63, 3.8) is 0 Å². The summed E-state index contributed by atoms with van der Waals surface area (Å²) in [4.78, 5) is 0. The van der Waals surface area contributed by atoms with Gasteiger partial charge < -0.3 is 5.32 Å². The third-order valence-corrected chi connectivity index (χ3v) is 2.84. The number of nitrogens with zero attached hydrogens (tertiary/aromatic N) is 1. The van der Waals surface area contributed by atoms with E-state index in [-0.39, 0.29) is 0 Å². The molecule has 0 spiro atoms. The minimum atomic E-state index is 0.728. The molecule has 0 aliphatic heterocycles. The van der Waals surface area contributed by atoms with E-state index >= 15 is 0 Å². The number of hydrogen-bond donors (Lipinski definition) is 1. The Morgan fingerprint density at radius 3 is 2.73 bits per heavy atom. The molecule has 74 valence electrons. The Hall–Kier alpha value is -1.79. The van der Waals surface area contributed by atoms with E-state index in [0.29, 0.717) is 0 Å². The van der Waals surface area contributed by atoms with E-state index in [0.717, 1.165) is 22.5 Å². The van der Waals surface area contributed by atoms with Crippen LogP contribution in [0.2, 0.25) is 0 Å². The number of aryl methyl sites for hydroxylation is 1. The van der Waals surface area contributed by atoms with Crippen molar-refractivity contribution in [2.45, 2.75) is 6.92 Å². The highest BCUT2D eigenvalue weighted by molar-refractivity contribution is 7.08. The van der Waals surface area contributed by atoms with Crippen LogP contribution in [0.5, 0.6) is 0 Å². The molecule has 0 unspecified atom stereocenters. The molecule has 0 amide bonds. The molecule has 15 heavy (non-hydrogen) atoms. The molecule has 0 saturated carbocycles. The number of benzene rings is 1. The molecule has 2 aromatic rings. The van der Waals surface area contributed by atoms with E-state index in [9.17, 15) is 0 Å². The van der Waals surface area contributed by atoms with Gasteiger partial charge in [-0.3, -0.25) is 0 Å². The Bertz CT molecular complexity index is 495. The zero-order valence-corrected chi connectivity index (χ0v) is 9.14. The van der Waals surface area contributed by atoms with Crippen LogP contribution in [0, 0.1) is 18.3 Å². The largest absolute Gasteiger partial charge is 0.355 e. The molecule has 2 rings (SSSR count). The average Bonchev–Trinajstić information content (AvgIpc) is 2.71. The predicted octanol–water partition coefficient (Wildman–Crippen LogP) is 3.67. The second-order valence-electron chi connectivity index (χ2n) is 3.28. The normalized spacial score (nSPS) is 9.60. The van der Waals surface area contributed by atoms with Crippen molar-refractivity contribution in [1.82, 2.24) is 0 Å². The molecule has 0 aliphatic rings. The topological polar surface area (TPSA) is 35.8 Å². The molecule has 0 fully saturated rings. The first-order valence-corrected chi connectivity index (χ1v) is 5.54. The molecular formula is C12H10N2S. The number of nitrogens with one attached hydrogen (secondary N) is 1. The van der Waals surface area contributed by atoms with Crippen LogP contribution >= 0.6 is 11.3 Å². The Balaban J connectivity index is 2.24. The lowest BCUT2D eigenvalue weighted by molar-refractivity contribution is 1.39. The molecule has 1 aromatic carbocycles. The Labute approximate surface area is 92.8 Å². The van der Waals surface area contributed by atoms with Crippen molar-refractivity contribution >= 4 is 22.7 Å². The lowest BCUT2D eigenvalue weighted by Crippen LogP contribution is -1.90. The van der Waals surface area contributed by atoms with Crippen LogP contribution in [0.15, 0.2) is 35.0 Å². The predicted molar refractivity (Wildman–Crippen MR) is 63.5 cm³/mol. The molecule has 1 N–H and O–H groups in total. The second-order valence-corrected chi connectivity index (χ2v) is 4.06. The Morgan fingerprint density at radius 1 is 1.27 bits per heavy atom. The van der Waals surface area contributed by atoms with E-state index in [2.05, 4.69) is 11.4 Å². The van der Waals surface area contributed by atoms with Gasteiger partial charge in [-0.15, -0.1) is 0 Å². The molecule has 1 heterocycles. The summed E-state index contributed by atoms with van der Waals surface area (Å²) in [5, 5.41) is 16.2. The fraction of sp³-hybridized carbons (Fsp3) is 0.0833. The Morgan fingerprint density at radius 2 is 2.13 bits per heavy atom. The van der Waals surface area contributed by atoms with Gasteiger partial charge in [-0.05, 0) is 42.1 Å². The molecule has 0 saturated heterocycles. The number of thiophene rings is 1. The molecular weight excluding hydrogens is 204 g/mol. The van der Waals surface area contributed by atoms with E-state index in [1.165, 1.54) is 0 Å². The fourth-order valence-corrected chi connectivity index (χ4v) is 1.96. The van der Waals surface area contributed by atoms with Gasteiger partial charge in [0.2, 0.25) is 0 Å². The van der Waals surface area contributed by atoms with Gasteiger partial charge in [-0.2, -0.15) is 16.6 Å². The summed E-state index contributed by atoms with van der Waals surface area (Å²) in [5.41, 5.74) is 3.83. The first-order valence-electron chi connectivity index (χ1n) is 4.59. The maximum Gasteiger partial charge on any atom is 0.0994 e. The molecule has 0 radical (unpaired) electrons. The third-order valence-electron chi connectivity index (χ3n) is 2.16. The van der Waals surface area contributed by atoms with Crippen molar-refractivity contribution in [2.24, 2.45) is 0 Å². The van der Waals surface area contributed by atoms with Crippen LogP contribution in [-0.2, 0) is 0 Å². The molecule has 3 heteroatoms. The summed E-state index contributed by atoms with van der Waals surface area (Å²) in [7, 11) is 0. The summed E-state index contributed by atoms with van der Waals surface area (Å²) in [6, 6.07) is 9.92. The molecule has 2 nitrogen and oxygen atoms in total. The zero-order chi connectivity index (χ0) is 10.7. The molecule has 0 aliphatic carbocycles. The summed E-state index contributed by atoms with van der Waals surface area (Å²) in [6.07, 6.45) is 0. The van der Waals surface area contributed by atoms with Crippen molar-refractivity contribution < 1.29 is 0 Å². The number of hydrogen-bond acceptors (Lipinski definition) is 3. The maximum absolute atomic E-state index is 8.80. The Kier molecular flexibility index (Phi) is 2.70. The van der Waals surface area contributed by atoms with Crippen molar-refractivity contribution in [3.8, 4) is 6.07 Å². The molecule has 0 atom stereocenters. The van der Waals surface area contributed by atoms with Crippen LogP contribution in [0.25, 0.3) is 0 Å². The van der Waals surface area contributed by atoms with Crippen LogP contribution in [0.1, 0.15) is 11.1 Å². The summed E-state index contributed by atoms with van der Waals surface area (Å²) in [5.74, 6) is 0. The lowest BCUT2D eigenvalue weighted by Gasteiger charge is -2.05. The van der Waals surface area contributed by atoms with Crippen LogP contribution in [-0.4, -0.2) is 0 Å². The van der Waals surface area contributed by atoms with E-state index in [4.69, 9.17) is 5.26 Å². The lowest BCUT2D eigenvalue weighted by atomic mass is 10.1. The SMILES string of the molecule is Cc1cc(Nc2ccsc2)ccc1C#N. The fourth-order valence-electron chi connectivity index (χ4n) is 1.37. The highest BCUT2D eigenvalue weighted by Crippen LogP contribution is 2.21. The molecule has 1 aromatic heterocycles. The summed E-state index contributed by atoms with van der Waals surface area (Å²) >= 11 is 1.66. The standard InChI is InChI=1S/C12H10N2S/c1-9-6-11(3-2-10(9)7-13)14-12-4-5-15-8-12/h2-6,8,14H,1H3. The minimum absolute atomic E-state index is 0.728. The van der Waals surface area contributed by atoms with Gasteiger partial charge in [0.25, 0.3) is 0 Å². The van der Waals surface area contributed by atoms with Gasteiger partial charge >= 0.3 is 0 Å². The van der Waals surface area contributed by atoms with E-state index in [1.54, 1.807) is 11.3 Å². The van der Waals surface area contributed by atoms with Gasteiger partial charge in [-0.25, -0.2) is 0 Å². The van der Waals surface area contributed by atoms with Gasteiger partial charge in [0.05, 0.1) is 11.6 Å². The highest BCUT2D eigenvalue weighted by Gasteiger charge is 1.99. The minimum Gasteiger partial charge on any atom is -0.355 e. The van der Waals surface area contributed by atoms with Crippen LogP contribution in [0.3, 0.4) is 0 Å². The first kappa shape index (κ1) is 9.75. The van der Waals surface area contributed by atoms with E-state index < -0.39 is 0 Å². The quantitative estimate of drug-likeness (QED) is 0.827.